The number of nitrogens with one attached hydrogen (secondary N) is 2. The van der Waals surface area contributed by atoms with Crippen LogP contribution in [0.25, 0.3) is 0 Å². The maximum atomic E-state index is 13.2. The number of rotatable bonds is 8. The average Bonchev–Trinajstić information content (AvgIpc) is 3.38. The fraction of sp³-hybridized carbons (Fsp3) is 0.529. The first-order valence-corrected chi connectivity index (χ1v) is 8.08. The fourth-order valence-corrected chi connectivity index (χ4v) is 2.34. The van der Waals surface area contributed by atoms with Gasteiger partial charge in [-0.1, -0.05) is 6.07 Å². The summed E-state index contributed by atoms with van der Waals surface area (Å²) >= 11 is 0. The van der Waals surface area contributed by atoms with Gasteiger partial charge in [0.2, 0.25) is 11.8 Å². The van der Waals surface area contributed by atoms with E-state index in [4.69, 9.17) is 0 Å². The summed E-state index contributed by atoms with van der Waals surface area (Å²) in [5, 5.41) is 15.5. The van der Waals surface area contributed by atoms with Crippen LogP contribution in [0.1, 0.15) is 44.3 Å². The summed E-state index contributed by atoms with van der Waals surface area (Å²) in [5.74, 6) is -2.13. The molecule has 2 atom stereocenters. The van der Waals surface area contributed by atoms with Crippen LogP contribution in [-0.4, -0.2) is 29.5 Å². The molecule has 5 nitrogen and oxygen atoms in total. The summed E-state index contributed by atoms with van der Waals surface area (Å²) < 4.78 is 26.1. The zero-order valence-corrected chi connectivity index (χ0v) is 13.5. The zero-order chi connectivity index (χ0) is 17.7. The van der Waals surface area contributed by atoms with Crippen LogP contribution < -0.4 is 10.6 Å². The molecule has 2 rings (SSSR count). The molecule has 0 spiro atoms. The molecule has 1 saturated carbocycles. The molecular formula is C17H22F2N2O3. The summed E-state index contributed by atoms with van der Waals surface area (Å²) in [6.07, 6.45) is 1.44. The van der Waals surface area contributed by atoms with Gasteiger partial charge in [0.25, 0.3) is 0 Å². The van der Waals surface area contributed by atoms with Gasteiger partial charge in [0.1, 0.15) is 0 Å². The van der Waals surface area contributed by atoms with E-state index in [1.54, 1.807) is 6.92 Å². The lowest BCUT2D eigenvalue weighted by atomic mass is 10.0. The number of benzene rings is 1. The largest absolute Gasteiger partial charge is 0.386 e. The Bertz CT molecular complexity index is 605. The molecule has 2 unspecified atom stereocenters. The molecule has 0 heterocycles. The first-order chi connectivity index (χ1) is 11.4. The Morgan fingerprint density at radius 1 is 1.29 bits per heavy atom. The molecule has 3 N–H and O–H groups in total. The van der Waals surface area contributed by atoms with Crippen molar-refractivity contribution in [2.24, 2.45) is 5.92 Å². The van der Waals surface area contributed by atoms with Crippen molar-refractivity contribution in [3.8, 4) is 0 Å². The van der Waals surface area contributed by atoms with Crippen molar-refractivity contribution in [2.45, 2.75) is 44.8 Å². The number of aliphatic hydroxyl groups excluding tert-OH is 1. The van der Waals surface area contributed by atoms with Gasteiger partial charge in [-0.2, -0.15) is 0 Å². The lowest BCUT2D eigenvalue weighted by molar-refractivity contribution is -0.124. The summed E-state index contributed by atoms with van der Waals surface area (Å²) in [4.78, 5) is 23.3. The van der Waals surface area contributed by atoms with Crippen LogP contribution in [0.3, 0.4) is 0 Å². The van der Waals surface area contributed by atoms with Crippen molar-refractivity contribution in [2.75, 3.05) is 6.54 Å². The normalized spacial score (nSPS) is 16.3. The van der Waals surface area contributed by atoms with Gasteiger partial charge in [0.05, 0.1) is 12.1 Å². The molecule has 132 valence electrons. The highest BCUT2D eigenvalue weighted by Crippen LogP contribution is 2.28. The highest BCUT2D eigenvalue weighted by atomic mass is 19.2. The molecular weight excluding hydrogens is 318 g/mol. The molecule has 1 fully saturated rings. The standard InChI is InChI=1S/C17H22F2N2O3/c1-10(16(23)12-6-7-13(18)14(19)9-12)21-15(22)3-2-8-20-17(24)11-4-5-11/h6-7,9-11,16,23H,2-5,8H2,1H3,(H,20,24)(H,21,22). The van der Waals surface area contributed by atoms with Crippen LogP contribution in [0.15, 0.2) is 18.2 Å². The first-order valence-electron chi connectivity index (χ1n) is 8.08. The second-order valence-corrected chi connectivity index (χ2v) is 6.14. The Hall–Kier alpha value is -2.02. The summed E-state index contributed by atoms with van der Waals surface area (Å²) in [6, 6.07) is 2.48. The van der Waals surface area contributed by atoms with Crippen molar-refractivity contribution in [3.63, 3.8) is 0 Å². The molecule has 1 aromatic rings. The van der Waals surface area contributed by atoms with Crippen molar-refractivity contribution in [1.82, 2.24) is 10.6 Å². The number of carbonyl (C=O) groups is 2. The third kappa shape index (κ3) is 5.26. The zero-order valence-electron chi connectivity index (χ0n) is 13.5. The van der Waals surface area contributed by atoms with Gasteiger partial charge in [0, 0.05) is 18.9 Å². The fourth-order valence-electron chi connectivity index (χ4n) is 2.34. The van der Waals surface area contributed by atoms with E-state index in [2.05, 4.69) is 10.6 Å². The predicted octanol–water partition coefficient (Wildman–Crippen LogP) is 1.81. The average molecular weight is 340 g/mol. The van der Waals surface area contributed by atoms with Gasteiger partial charge in [-0.15, -0.1) is 0 Å². The van der Waals surface area contributed by atoms with Gasteiger partial charge < -0.3 is 15.7 Å². The Kier molecular flexibility index (Phi) is 6.25. The van der Waals surface area contributed by atoms with Crippen molar-refractivity contribution in [3.05, 3.63) is 35.4 Å². The molecule has 2 amide bonds. The van der Waals surface area contributed by atoms with E-state index in [0.717, 1.165) is 25.0 Å². The molecule has 0 aliphatic heterocycles. The second-order valence-electron chi connectivity index (χ2n) is 6.14. The second kappa shape index (κ2) is 8.19. The molecule has 0 bridgehead atoms. The van der Waals surface area contributed by atoms with Crippen LogP contribution in [0.2, 0.25) is 0 Å². The number of amides is 2. The maximum absolute atomic E-state index is 13.2. The van der Waals surface area contributed by atoms with Gasteiger partial charge in [0.15, 0.2) is 11.6 Å². The monoisotopic (exact) mass is 340 g/mol. The predicted molar refractivity (Wildman–Crippen MR) is 83.9 cm³/mol. The number of halogens is 2. The van der Waals surface area contributed by atoms with Crippen LogP contribution >= 0.6 is 0 Å². The third-order valence-corrected chi connectivity index (χ3v) is 3.98. The highest BCUT2D eigenvalue weighted by molar-refractivity contribution is 5.81. The third-order valence-electron chi connectivity index (χ3n) is 3.98. The smallest absolute Gasteiger partial charge is 0.223 e. The van der Waals surface area contributed by atoms with E-state index in [-0.39, 0.29) is 29.7 Å². The van der Waals surface area contributed by atoms with Gasteiger partial charge >= 0.3 is 0 Å². The molecule has 1 aliphatic rings. The van der Waals surface area contributed by atoms with Crippen molar-refractivity contribution >= 4 is 11.8 Å². The topological polar surface area (TPSA) is 78.4 Å². The molecule has 7 heteroatoms. The van der Waals surface area contributed by atoms with E-state index in [0.29, 0.717) is 13.0 Å². The maximum Gasteiger partial charge on any atom is 0.223 e. The van der Waals surface area contributed by atoms with Crippen LogP contribution in [0, 0.1) is 17.6 Å². The van der Waals surface area contributed by atoms with Crippen LogP contribution in [-0.2, 0) is 9.59 Å². The Morgan fingerprint density at radius 2 is 2.00 bits per heavy atom. The Balaban J connectivity index is 1.71. The summed E-state index contributed by atoms with van der Waals surface area (Å²) in [7, 11) is 0. The van der Waals surface area contributed by atoms with E-state index in [9.17, 15) is 23.5 Å². The molecule has 1 aromatic carbocycles. The van der Waals surface area contributed by atoms with E-state index < -0.39 is 23.8 Å². The van der Waals surface area contributed by atoms with Gasteiger partial charge in [-0.05, 0) is 43.9 Å². The first kappa shape index (κ1) is 18.3. The number of hydrogen-bond acceptors (Lipinski definition) is 3. The van der Waals surface area contributed by atoms with Crippen LogP contribution in [0.5, 0.6) is 0 Å². The van der Waals surface area contributed by atoms with Crippen LogP contribution in [0.4, 0.5) is 8.78 Å². The molecule has 1 aliphatic carbocycles. The summed E-state index contributed by atoms with van der Waals surface area (Å²) in [6.45, 7) is 2.02. The van der Waals surface area contributed by atoms with E-state index in [1.165, 1.54) is 6.07 Å². The number of carbonyl (C=O) groups excluding carboxylic acids is 2. The Morgan fingerprint density at radius 3 is 2.62 bits per heavy atom. The van der Waals surface area contributed by atoms with Crippen molar-refractivity contribution < 1.29 is 23.5 Å². The molecule has 0 aromatic heterocycles. The minimum Gasteiger partial charge on any atom is -0.386 e. The quantitative estimate of drug-likeness (QED) is 0.632. The number of aliphatic hydroxyl groups is 1. The lowest BCUT2D eigenvalue weighted by Gasteiger charge is -2.21. The Labute approximate surface area is 139 Å². The number of hydrogen-bond donors (Lipinski definition) is 3. The minimum atomic E-state index is -1.14. The SMILES string of the molecule is CC(NC(=O)CCCNC(=O)C1CC1)C(O)c1ccc(F)c(F)c1. The van der Waals surface area contributed by atoms with Gasteiger partial charge in [-0.3, -0.25) is 9.59 Å². The highest BCUT2D eigenvalue weighted by Gasteiger charge is 2.29. The van der Waals surface area contributed by atoms with Crippen molar-refractivity contribution in [1.29, 1.82) is 0 Å². The molecule has 0 saturated heterocycles. The lowest BCUT2D eigenvalue weighted by Crippen LogP contribution is -2.37. The van der Waals surface area contributed by atoms with E-state index >= 15 is 0 Å². The molecule has 0 radical (unpaired) electrons. The molecule has 24 heavy (non-hydrogen) atoms. The van der Waals surface area contributed by atoms with Gasteiger partial charge in [-0.25, -0.2) is 8.78 Å². The van der Waals surface area contributed by atoms with E-state index in [1.807, 2.05) is 0 Å². The summed E-state index contributed by atoms with van der Waals surface area (Å²) in [5.41, 5.74) is 0.193. The minimum absolute atomic E-state index is 0.0394.